The number of anilines is 1. The molecule has 0 saturated heterocycles. The van der Waals surface area contributed by atoms with E-state index in [1.54, 1.807) is 11.8 Å². The monoisotopic (exact) mass is 321 g/mol. The summed E-state index contributed by atoms with van der Waals surface area (Å²) >= 11 is 7.82. The van der Waals surface area contributed by atoms with Crippen LogP contribution >= 0.6 is 23.4 Å². The Balaban J connectivity index is 1.86. The van der Waals surface area contributed by atoms with Gasteiger partial charge in [-0.05, 0) is 37.3 Å². The molecule has 21 heavy (non-hydrogen) atoms. The molecule has 2 aromatic rings. The van der Waals surface area contributed by atoms with E-state index < -0.39 is 0 Å². The number of nitrogens with one attached hydrogen (secondary N) is 1. The van der Waals surface area contributed by atoms with E-state index in [0.29, 0.717) is 11.6 Å². The molecule has 1 aliphatic rings. The Hall–Kier alpha value is -1.46. The fourth-order valence-corrected chi connectivity index (χ4v) is 2.97. The highest BCUT2D eigenvalue weighted by molar-refractivity contribution is 7.98. The van der Waals surface area contributed by atoms with Crippen molar-refractivity contribution in [2.24, 2.45) is 0 Å². The van der Waals surface area contributed by atoms with Gasteiger partial charge in [0, 0.05) is 5.56 Å². The Morgan fingerprint density at radius 2 is 2.19 bits per heavy atom. The molecule has 0 fully saturated rings. The van der Waals surface area contributed by atoms with Crippen LogP contribution in [0.25, 0.3) is 0 Å². The van der Waals surface area contributed by atoms with Crippen molar-refractivity contribution in [3.05, 3.63) is 40.9 Å². The lowest BCUT2D eigenvalue weighted by Crippen LogP contribution is -2.11. The first-order valence-corrected chi connectivity index (χ1v) is 8.43. The van der Waals surface area contributed by atoms with Crippen molar-refractivity contribution in [1.29, 1.82) is 0 Å². The predicted molar refractivity (Wildman–Crippen MR) is 86.4 cm³/mol. The molecular formula is C15H16ClN3OS. The Kier molecular flexibility index (Phi) is 4.51. The van der Waals surface area contributed by atoms with Gasteiger partial charge in [0.2, 0.25) is 0 Å². The first-order valence-electron chi connectivity index (χ1n) is 6.83. The number of fused-ring (bicyclic) bond motifs is 1. The second-order valence-electron chi connectivity index (χ2n) is 4.81. The number of aromatic nitrogens is 2. The van der Waals surface area contributed by atoms with Gasteiger partial charge >= 0.3 is 0 Å². The molecule has 1 aromatic heterocycles. The van der Waals surface area contributed by atoms with E-state index in [1.807, 2.05) is 36.6 Å². The van der Waals surface area contributed by atoms with Gasteiger partial charge in [0.15, 0.2) is 0 Å². The van der Waals surface area contributed by atoms with Crippen LogP contribution in [-0.2, 0) is 0 Å². The molecule has 2 heterocycles. The van der Waals surface area contributed by atoms with Crippen LogP contribution in [0.2, 0.25) is 5.02 Å². The summed E-state index contributed by atoms with van der Waals surface area (Å²) in [5.74, 6) is 1.55. The van der Waals surface area contributed by atoms with Gasteiger partial charge in [-0.3, -0.25) is 0 Å². The van der Waals surface area contributed by atoms with Crippen LogP contribution < -0.4 is 10.1 Å². The molecule has 1 unspecified atom stereocenters. The molecule has 1 N–H and O–H groups in total. The molecule has 1 aliphatic heterocycles. The van der Waals surface area contributed by atoms with Crippen LogP contribution in [-0.4, -0.2) is 23.1 Å². The Morgan fingerprint density at radius 1 is 1.29 bits per heavy atom. The summed E-state index contributed by atoms with van der Waals surface area (Å²) in [7, 11) is 0. The van der Waals surface area contributed by atoms with Crippen LogP contribution in [0.5, 0.6) is 5.75 Å². The first kappa shape index (κ1) is 14.5. The normalized spacial score (nSPS) is 17.5. The van der Waals surface area contributed by atoms with Gasteiger partial charge < -0.3 is 10.1 Å². The van der Waals surface area contributed by atoms with E-state index in [9.17, 15) is 0 Å². The molecule has 3 rings (SSSR count). The van der Waals surface area contributed by atoms with Crippen molar-refractivity contribution in [3.8, 4) is 5.75 Å². The topological polar surface area (TPSA) is 47.0 Å². The summed E-state index contributed by atoms with van der Waals surface area (Å²) in [5.41, 5.74) is 1.08. The van der Waals surface area contributed by atoms with Gasteiger partial charge in [-0.2, -0.15) is 0 Å². The molecule has 0 aliphatic carbocycles. The third-order valence-corrected chi connectivity index (χ3v) is 4.36. The summed E-state index contributed by atoms with van der Waals surface area (Å²) in [5, 5.41) is 13.4. The van der Waals surface area contributed by atoms with Crippen LogP contribution in [0, 0.1) is 0 Å². The van der Waals surface area contributed by atoms with Gasteiger partial charge in [-0.25, -0.2) is 0 Å². The standard InChI is InChI=1S/C15H16ClN3OS/c1-21-14-8-7-13(18-19-14)17-12-6-3-9-20-15-10(12)4-2-5-11(15)16/h2,4-5,7-8,12H,3,6,9H2,1H3,(H,17,18). The Bertz CT molecular complexity index is 621. The molecule has 6 heteroatoms. The minimum atomic E-state index is 0.135. The molecule has 0 bridgehead atoms. The molecule has 110 valence electrons. The highest BCUT2D eigenvalue weighted by atomic mass is 35.5. The van der Waals surface area contributed by atoms with E-state index >= 15 is 0 Å². The largest absolute Gasteiger partial charge is 0.492 e. The SMILES string of the molecule is CSc1ccc(NC2CCCOc3c(Cl)cccc32)nn1. The Morgan fingerprint density at radius 3 is 2.95 bits per heavy atom. The highest BCUT2D eigenvalue weighted by Crippen LogP contribution is 2.38. The fraction of sp³-hybridized carbons (Fsp3) is 0.333. The summed E-state index contributed by atoms with van der Waals surface area (Å²) in [6.07, 6.45) is 3.93. The number of thioether (sulfide) groups is 1. The third kappa shape index (κ3) is 3.24. The van der Waals surface area contributed by atoms with Crippen LogP contribution in [0.3, 0.4) is 0 Å². The smallest absolute Gasteiger partial charge is 0.149 e. The minimum Gasteiger partial charge on any atom is -0.492 e. The molecule has 0 radical (unpaired) electrons. The van der Waals surface area contributed by atoms with E-state index in [4.69, 9.17) is 16.3 Å². The molecule has 0 spiro atoms. The number of hydrogen-bond donors (Lipinski definition) is 1. The maximum absolute atomic E-state index is 6.24. The quantitative estimate of drug-likeness (QED) is 0.859. The molecular weight excluding hydrogens is 306 g/mol. The van der Waals surface area contributed by atoms with Gasteiger partial charge in [-0.1, -0.05) is 23.7 Å². The summed E-state index contributed by atoms with van der Waals surface area (Å²) in [6.45, 7) is 0.687. The van der Waals surface area contributed by atoms with Gasteiger partial charge in [0.1, 0.15) is 16.6 Å². The number of hydrogen-bond acceptors (Lipinski definition) is 5. The fourth-order valence-electron chi connectivity index (χ4n) is 2.40. The number of rotatable bonds is 3. The zero-order valence-electron chi connectivity index (χ0n) is 11.7. The molecule has 1 atom stereocenters. The Labute approximate surface area is 133 Å². The molecule has 1 aromatic carbocycles. The van der Waals surface area contributed by atoms with Crippen molar-refractivity contribution in [2.45, 2.75) is 23.9 Å². The first-order chi connectivity index (χ1) is 10.3. The van der Waals surface area contributed by atoms with Crippen LogP contribution in [0.4, 0.5) is 5.82 Å². The number of para-hydroxylation sites is 1. The zero-order valence-corrected chi connectivity index (χ0v) is 13.2. The summed E-state index contributed by atoms with van der Waals surface area (Å²) in [6, 6.07) is 9.91. The van der Waals surface area contributed by atoms with Crippen LogP contribution in [0.15, 0.2) is 35.4 Å². The zero-order chi connectivity index (χ0) is 14.7. The van der Waals surface area contributed by atoms with E-state index in [0.717, 1.165) is 35.0 Å². The third-order valence-electron chi connectivity index (χ3n) is 3.43. The van der Waals surface area contributed by atoms with Crippen molar-refractivity contribution in [3.63, 3.8) is 0 Å². The van der Waals surface area contributed by atoms with Crippen molar-refractivity contribution >= 4 is 29.2 Å². The highest BCUT2D eigenvalue weighted by Gasteiger charge is 2.21. The van der Waals surface area contributed by atoms with Crippen LogP contribution in [0.1, 0.15) is 24.4 Å². The average Bonchev–Trinajstić information content (AvgIpc) is 2.72. The number of benzene rings is 1. The van der Waals surface area contributed by atoms with E-state index in [-0.39, 0.29) is 6.04 Å². The van der Waals surface area contributed by atoms with Gasteiger partial charge in [0.05, 0.1) is 17.7 Å². The number of ether oxygens (including phenoxy) is 1. The average molecular weight is 322 g/mol. The van der Waals surface area contributed by atoms with Gasteiger partial charge in [-0.15, -0.1) is 22.0 Å². The van der Waals surface area contributed by atoms with E-state index in [2.05, 4.69) is 15.5 Å². The van der Waals surface area contributed by atoms with E-state index in [1.165, 1.54) is 0 Å². The minimum absolute atomic E-state index is 0.135. The van der Waals surface area contributed by atoms with Gasteiger partial charge in [0.25, 0.3) is 0 Å². The molecule has 0 amide bonds. The van der Waals surface area contributed by atoms with Crippen molar-refractivity contribution in [2.75, 3.05) is 18.2 Å². The predicted octanol–water partition coefficient (Wildman–Crippen LogP) is 4.18. The molecule has 4 nitrogen and oxygen atoms in total. The summed E-state index contributed by atoms with van der Waals surface area (Å²) in [4.78, 5) is 0. The van der Waals surface area contributed by atoms with Crippen molar-refractivity contribution < 1.29 is 4.74 Å². The lowest BCUT2D eigenvalue weighted by atomic mass is 10.0. The second-order valence-corrected chi connectivity index (χ2v) is 6.04. The number of nitrogens with zero attached hydrogens (tertiary/aromatic N) is 2. The lowest BCUT2D eigenvalue weighted by molar-refractivity contribution is 0.316. The maximum Gasteiger partial charge on any atom is 0.149 e. The second kappa shape index (κ2) is 6.54. The van der Waals surface area contributed by atoms with Crippen molar-refractivity contribution in [1.82, 2.24) is 10.2 Å². The summed E-state index contributed by atoms with van der Waals surface area (Å²) < 4.78 is 5.77. The lowest BCUT2D eigenvalue weighted by Gasteiger charge is -2.19. The molecule has 0 saturated carbocycles. The number of halogens is 1. The maximum atomic E-state index is 6.24.